The molecule has 0 aliphatic carbocycles. The number of nitrogens with zero attached hydrogens (tertiary/aromatic N) is 2. The second kappa shape index (κ2) is 9.96. The zero-order valence-electron chi connectivity index (χ0n) is 15.3. The molecule has 0 radical (unpaired) electrons. The van der Waals surface area contributed by atoms with Crippen molar-refractivity contribution in [1.82, 2.24) is 14.9 Å². The summed E-state index contributed by atoms with van der Waals surface area (Å²) >= 11 is 2.87. The molecule has 0 fully saturated rings. The van der Waals surface area contributed by atoms with Crippen molar-refractivity contribution >= 4 is 29.4 Å². The molecule has 144 valence electrons. The van der Waals surface area contributed by atoms with Crippen molar-refractivity contribution in [3.8, 4) is 0 Å². The highest BCUT2D eigenvalue weighted by Crippen LogP contribution is 2.28. The highest BCUT2D eigenvalue weighted by Gasteiger charge is 2.22. The van der Waals surface area contributed by atoms with E-state index in [4.69, 9.17) is 4.74 Å². The smallest absolute Gasteiger partial charge is 0.268 e. The molecule has 1 aromatic heterocycles. The standard InChI is InChI=1S/C19H23N3O3S2/c1-25-11-10-22-18(24)17-15(8-12-26-17)21-19(22)27-13-16(23)20-9-7-14-5-3-2-4-6-14/h2-6H,7-13H2,1H3,(H,20,23). The number of thioether (sulfide) groups is 2. The number of rotatable bonds is 9. The van der Waals surface area contributed by atoms with E-state index >= 15 is 0 Å². The van der Waals surface area contributed by atoms with Crippen LogP contribution >= 0.6 is 23.5 Å². The van der Waals surface area contributed by atoms with Gasteiger partial charge in [-0.2, -0.15) is 0 Å². The van der Waals surface area contributed by atoms with Gasteiger partial charge in [0.15, 0.2) is 5.16 Å². The number of aryl methyl sites for hydroxylation is 1. The van der Waals surface area contributed by atoms with Gasteiger partial charge in [0.1, 0.15) is 0 Å². The monoisotopic (exact) mass is 405 g/mol. The van der Waals surface area contributed by atoms with Crippen LogP contribution in [0.5, 0.6) is 0 Å². The molecule has 1 aromatic carbocycles. The first-order chi connectivity index (χ1) is 13.2. The summed E-state index contributed by atoms with van der Waals surface area (Å²) in [5.74, 6) is 1.06. The summed E-state index contributed by atoms with van der Waals surface area (Å²) < 4.78 is 6.74. The fourth-order valence-corrected chi connectivity index (χ4v) is 4.70. The third kappa shape index (κ3) is 5.37. The van der Waals surface area contributed by atoms with Crippen LogP contribution in [0.1, 0.15) is 11.3 Å². The molecule has 1 amide bonds. The quantitative estimate of drug-likeness (QED) is 0.508. The van der Waals surface area contributed by atoms with Gasteiger partial charge in [0.2, 0.25) is 5.91 Å². The first-order valence-corrected chi connectivity index (χ1v) is 10.8. The second-order valence-electron chi connectivity index (χ2n) is 6.09. The molecule has 0 unspecified atom stereocenters. The number of aromatic nitrogens is 2. The lowest BCUT2D eigenvalue weighted by Crippen LogP contribution is -2.29. The largest absolute Gasteiger partial charge is 0.383 e. The Morgan fingerprint density at radius 3 is 2.96 bits per heavy atom. The predicted octanol–water partition coefficient (Wildman–Crippen LogP) is 1.99. The van der Waals surface area contributed by atoms with Crippen LogP contribution < -0.4 is 10.9 Å². The van der Waals surface area contributed by atoms with Crippen LogP contribution in [-0.4, -0.2) is 47.2 Å². The molecule has 0 atom stereocenters. The van der Waals surface area contributed by atoms with E-state index in [-0.39, 0.29) is 17.2 Å². The van der Waals surface area contributed by atoms with Gasteiger partial charge in [-0.3, -0.25) is 14.2 Å². The van der Waals surface area contributed by atoms with E-state index < -0.39 is 0 Å². The number of methoxy groups -OCH3 is 1. The van der Waals surface area contributed by atoms with Crippen LogP contribution in [0.15, 0.2) is 45.2 Å². The van der Waals surface area contributed by atoms with Gasteiger partial charge in [-0.05, 0) is 12.0 Å². The van der Waals surface area contributed by atoms with E-state index in [1.807, 2.05) is 30.3 Å². The normalized spacial score (nSPS) is 12.8. The maximum Gasteiger partial charge on any atom is 0.268 e. The Balaban J connectivity index is 1.58. The molecular weight excluding hydrogens is 382 g/mol. The number of ether oxygens (including phenoxy) is 1. The third-order valence-corrected chi connectivity index (χ3v) is 6.26. The van der Waals surface area contributed by atoms with Crippen molar-refractivity contribution in [2.24, 2.45) is 0 Å². The molecular formula is C19H23N3O3S2. The first kappa shape index (κ1) is 20.0. The maximum absolute atomic E-state index is 12.7. The van der Waals surface area contributed by atoms with Crippen molar-refractivity contribution in [3.63, 3.8) is 0 Å². The molecule has 0 bridgehead atoms. The van der Waals surface area contributed by atoms with Crippen molar-refractivity contribution in [2.75, 3.05) is 31.8 Å². The molecule has 0 saturated carbocycles. The molecule has 0 spiro atoms. The van der Waals surface area contributed by atoms with Gasteiger partial charge >= 0.3 is 0 Å². The molecule has 6 nitrogen and oxygen atoms in total. The van der Waals surface area contributed by atoms with Gasteiger partial charge in [-0.25, -0.2) is 4.98 Å². The number of nitrogens with one attached hydrogen (secondary N) is 1. The molecule has 8 heteroatoms. The molecule has 2 aromatic rings. The summed E-state index contributed by atoms with van der Waals surface area (Å²) in [6.07, 6.45) is 1.60. The minimum atomic E-state index is -0.0571. The summed E-state index contributed by atoms with van der Waals surface area (Å²) in [5, 5.41) is 3.52. The zero-order chi connectivity index (χ0) is 19.1. The van der Waals surface area contributed by atoms with Crippen LogP contribution in [0.25, 0.3) is 0 Å². The molecule has 1 N–H and O–H groups in total. The van der Waals surface area contributed by atoms with Crippen LogP contribution in [0.4, 0.5) is 0 Å². The Labute approximate surface area is 167 Å². The molecule has 1 aliphatic rings. The van der Waals surface area contributed by atoms with Crippen molar-refractivity contribution in [2.45, 2.75) is 29.4 Å². The van der Waals surface area contributed by atoms with Crippen LogP contribution in [0, 0.1) is 0 Å². The van der Waals surface area contributed by atoms with E-state index in [1.54, 1.807) is 23.4 Å². The van der Waals surface area contributed by atoms with Gasteiger partial charge in [0, 0.05) is 25.8 Å². The Morgan fingerprint density at radius 2 is 2.19 bits per heavy atom. The van der Waals surface area contributed by atoms with Gasteiger partial charge in [0.05, 0.1) is 29.5 Å². The summed E-state index contributed by atoms with van der Waals surface area (Å²) in [6.45, 7) is 1.46. The lowest BCUT2D eigenvalue weighted by Gasteiger charge is -2.13. The van der Waals surface area contributed by atoms with Gasteiger partial charge in [-0.1, -0.05) is 42.1 Å². The average Bonchev–Trinajstić information content (AvgIpc) is 3.15. The zero-order valence-corrected chi connectivity index (χ0v) is 16.9. The van der Waals surface area contributed by atoms with Gasteiger partial charge in [-0.15, -0.1) is 11.8 Å². The van der Waals surface area contributed by atoms with E-state index in [0.717, 1.165) is 29.2 Å². The second-order valence-corrected chi connectivity index (χ2v) is 8.14. The van der Waals surface area contributed by atoms with E-state index in [1.165, 1.54) is 17.3 Å². The van der Waals surface area contributed by atoms with Gasteiger partial charge in [0.25, 0.3) is 5.56 Å². The number of fused-ring (bicyclic) bond motifs is 1. The first-order valence-electron chi connectivity index (χ1n) is 8.88. The topological polar surface area (TPSA) is 73.2 Å². The third-order valence-electron chi connectivity index (χ3n) is 4.18. The number of carbonyl (C=O) groups excluding carboxylic acids is 1. The number of amides is 1. The number of carbonyl (C=O) groups is 1. The molecule has 0 saturated heterocycles. The summed E-state index contributed by atoms with van der Waals surface area (Å²) in [5.41, 5.74) is 2.02. The number of benzene rings is 1. The molecule has 27 heavy (non-hydrogen) atoms. The van der Waals surface area contributed by atoms with E-state index in [2.05, 4.69) is 10.3 Å². The fourth-order valence-electron chi connectivity index (χ4n) is 2.79. The Hall–Kier alpha value is -1.77. The van der Waals surface area contributed by atoms with Crippen LogP contribution in [0.3, 0.4) is 0 Å². The van der Waals surface area contributed by atoms with Gasteiger partial charge < -0.3 is 10.1 Å². The van der Waals surface area contributed by atoms with Crippen LogP contribution in [0.2, 0.25) is 0 Å². The number of hydrogen-bond acceptors (Lipinski definition) is 6. The molecule has 1 aliphatic heterocycles. The molecule has 3 rings (SSSR count). The maximum atomic E-state index is 12.7. The lowest BCUT2D eigenvalue weighted by molar-refractivity contribution is -0.118. The minimum absolute atomic E-state index is 0.0217. The minimum Gasteiger partial charge on any atom is -0.383 e. The van der Waals surface area contributed by atoms with E-state index in [0.29, 0.717) is 24.9 Å². The van der Waals surface area contributed by atoms with Crippen molar-refractivity contribution in [1.29, 1.82) is 0 Å². The molecule has 2 heterocycles. The highest BCUT2D eigenvalue weighted by molar-refractivity contribution is 8.00. The van der Waals surface area contributed by atoms with Crippen molar-refractivity contribution < 1.29 is 9.53 Å². The summed E-state index contributed by atoms with van der Waals surface area (Å²) in [4.78, 5) is 30.2. The van der Waals surface area contributed by atoms with Crippen molar-refractivity contribution in [3.05, 3.63) is 51.9 Å². The Kier molecular flexibility index (Phi) is 7.37. The predicted molar refractivity (Wildman–Crippen MR) is 109 cm³/mol. The lowest BCUT2D eigenvalue weighted by atomic mass is 10.1. The number of hydrogen-bond donors (Lipinski definition) is 1. The fraction of sp³-hybridized carbons (Fsp3) is 0.421. The Morgan fingerprint density at radius 1 is 1.37 bits per heavy atom. The summed E-state index contributed by atoms with van der Waals surface area (Å²) in [7, 11) is 1.60. The SMILES string of the molecule is COCCn1c(SCC(=O)NCCc2ccccc2)nc2c(c1=O)SCC2. The highest BCUT2D eigenvalue weighted by atomic mass is 32.2. The van der Waals surface area contributed by atoms with E-state index in [9.17, 15) is 9.59 Å². The summed E-state index contributed by atoms with van der Waals surface area (Å²) in [6, 6.07) is 10.0. The average molecular weight is 406 g/mol. The van der Waals surface area contributed by atoms with Crippen LogP contribution in [-0.2, 0) is 28.9 Å². The Bertz CT molecular complexity index is 840.